The van der Waals surface area contributed by atoms with Crippen molar-refractivity contribution in [2.24, 2.45) is 0 Å². The summed E-state index contributed by atoms with van der Waals surface area (Å²) >= 11 is 0. The number of aliphatic hydroxyl groups is 4. The molecule has 178 valence electrons. The van der Waals surface area contributed by atoms with Crippen molar-refractivity contribution in [3.8, 4) is 28.7 Å². The minimum Gasteiger partial charge on any atom is -0.507 e. The normalized spacial score (nSPS) is 31.3. The number of aliphatic carboxylic acids is 1. The summed E-state index contributed by atoms with van der Waals surface area (Å²) in [4.78, 5) is 11.3. The monoisotopic (exact) mass is 466 g/mol. The van der Waals surface area contributed by atoms with E-state index in [1.54, 1.807) is 0 Å². The van der Waals surface area contributed by atoms with E-state index >= 15 is 0 Å². The molecule has 4 rings (SSSR count). The molecule has 2 heterocycles. The van der Waals surface area contributed by atoms with E-state index in [1.165, 1.54) is 24.3 Å². The summed E-state index contributed by atoms with van der Waals surface area (Å²) < 4.78 is 16.3. The standard InChI is InChI=1S/C21H22O12/c22-10-2-1-7(3-12(10)24)18-13(25)6-9-11(23)4-8(5-14(9)32-18)31-21-17(28)15(26)16(27)19(33-21)20(29)30/h1-5,13,15-19,21-28H,6H2,(H,29,30)/t13?,15-,16-,17+,18?,19-,21?/m0/s1. The quantitative estimate of drug-likeness (QED) is 0.258. The van der Waals surface area contributed by atoms with Crippen LogP contribution in [0.4, 0.5) is 0 Å². The van der Waals surface area contributed by atoms with Crippen molar-refractivity contribution < 1.29 is 59.9 Å². The van der Waals surface area contributed by atoms with Gasteiger partial charge in [0.05, 0.1) is 6.10 Å². The van der Waals surface area contributed by atoms with Crippen LogP contribution in [0.2, 0.25) is 0 Å². The van der Waals surface area contributed by atoms with Crippen LogP contribution in [0.3, 0.4) is 0 Å². The molecule has 2 aliphatic rings. The van der Waals surface area contributed by atoms with Crippen molar-refractivity contribution in [2.45, 2.75) is 49.3 Å². The van der Waals surface area contributed by atoms with Gasteiger partial charge in [-0.2, -0.15) is 0 Å². The number of carbonyl (C=O) groups is 1. The number of phenols is 3. The van der Waals surface area contributed by atoms with E-state index < -0.39 is 54.6 Å². The number of ether oxygens (including phenoxy) is 3. The first-order chi connectivity index (χ1) is 15.6. The van der Waals surface area contributed by atoms with E-state index in [9.17, 15) is 40.5 Å². The van der Waals surface area contributed by atoms with Crippen LogP contribution in [0.25, 0.3) is 0 Å². The Morgan fingerprint density at radius 1 is 0.909 bits per heavy atom. The van der Waals surface area contributed by atoms with E-state index in [4.69, 9.17) is 19.3 Å². The zero-order valence-electron chi connectivity index (χ0n) is 16.8. The fourth-order valence-electron chi connectivity index (χ4n) is 3.81. The third-order valence-corrected chi connectivity index (χ3v) is 5.57. The second kappa shape index (κ2) is 8.57. The summed E-state index contributed by atoms with van der Waals surface area (Å²) in [5.74, 6) is -2.69. The lowest BCUT2D eigenvalue weighted by Gasteiger charge is -2.38. The Morgan fingerprint density at radius 3 is 2.30 bits per heavy atom. The molecule has 3 unspecified atom stereocenters. The van der Waals surface area contributed by atoms with E-state index in [1.807, 2.05) is 0 Å². The maximum absolute atomic E-state index is 11.3. The van der Waals surface area contributed by atoms with Crippen LogP contribution in [0.1, 0.15) is 17.2 Å². The fourth-order valence-corrected chi connectivity index (χ4v) is 3.81. The van der Waals surface area contributed by atoms with Gasteiger partial charge in [-0.15, -0.1) is 0 Å². The van der Waals surface area contributed by atoms with Gasteiger partial charge in [0.15, 0.2) is 17.6 Å². The van der Waals surface area contributed by atoms with E-state index in [-0.39, 0.29) is 35.0 Å². The van der Waals surface area contributed by atoms with Crippen LogP contribution < -0.4 is 9.47 Å². The van der Waals surface area contributed by atoms with Crippen LogP contribution >= 0.6 is 0 Å². The zero-order valence-corrected chi connectivity index (χ0v) is 16.8. The number of aliphatic hydroxyl groups excluding tert-OH is 4. The molecule has 12 nitrogen and oxygen atoms in total. The number of rotatable bonds is 4. The minimum absolute atomic E-state index is 0.0255. The number of carboxylic acid groups (broad SMARTS) is 1. The molecule has 8 N–H and O–H groups in total. The van der Waals surface area contributed by atoms with Crippen molar-refractivity contribution >= 4 is 5.97 Å². The molecule has 12 heteroatoms. The molecule has 0 radical (unpaired) electrons. The smallest absolute Gasteiger partial charge is 0.335 e. The number of phenolic OH excluding ortho intramolecular Hbond substituents is 3. The molecule has 2 aromatic carbocycles. The van der Waals surface area contributed by atoms with Crippen LogP contribution in [0, 0.1) is 0 Å². The fraction of sp³-hybridized carbons (Fsp3) is 0.381. The minimum atomic E-state index is -1.89. The predicted octanol–water partition coefficient (Wildman–Crippen LogP) is -0.889. The summed E-state index contributed by atoms with van der Waals surface area (Å²) in [6, 6.07) is 6.33. The summed E-state index contributed by atoms with van der Waals surface area (Å²) in [5.41, 5.74) is 0.597. The largest absolute Gasteiger partial charge is 0.507 e. The second-order valence-electron chi connectivity index (χ2n) is 7.83. The number of fused-ring (bicyclic) bond motifs is 1. The lowest BCUT2D eigenvalue weighted by molar-refractivity contribution is -0.271. The van der Waals surface area contributed by atoms with Gasteiger partial charge >= 0.3 is 5.97 Å². The molecule has 2 aliphatic heterocycles. The lowest BCUT2D eigenvalue weighted by atomic mass is 9.94. The molecule has 0 amide bonds. The first kappa shape index (κ1) is 22.9. The molecule has 1 saturated heterocycles. The van der Waals surface area contributed by atoms with Gasteiger partial charge in [0.25, 0.3) is 0 Å². The van der Waals surface area contributed by atoms with Gasteiger partial charge in [0, 0.05) is 24.1 Å². The third kappa shape index (κ3) is 4.21. The second-order valence-corrected chi connectivity index (χ2v) is 7.83. The van der Waals surface area contributed by atoms with Gasteiger partial charge in [-0.05, 0) is 17.7 Å². The molecule has 1 fully saturated rings. The van der Waals surface area contributed by atoms with Crippen molar-refractivity contribution in [3.63, 3.8) is 0 Å². The first-order valence-electron chi connectivity index (χ1n) is 9.88. The highest BCUT2D eigenvalue weighted by molar-refractivity contribution is 5.73. The van der Waals surface area contributed by atoms with Crippen LogP contribution in [-0.2, 0) is 16.0 Å². The molecule has 0 saturated carbocycles. The number of carboxylic acids is 1. The Hall–Kier alpha value is -3.29. The Bertz CT molecular complexity index is 1060. The highest BCUT2D eigenvalue weighted by Gasteiger charge is 2.48. The molecule has 33 heavy (non-hydrogen) atoms. The summed E-state index contributed by atoms with van der Waals surface area (Å²) in [6.45, 7) is 0. The highest BCUT2D eigenvalue weighted by atomic mass is 16.7. The van der Waals surface area contributed by atoms with Gasteiger partial charge in [0.2, 0.25) is 6.29 Å². The lowest BCUT2D eigenvalue weighted by Crippen LogP contribution is -2.61. The van der Waals surface area contributed by atoms with Gasteiger partial charge in [-0.1, -0.05) is 6.07 Å². The van der Waals surface area contributed by atoms with Gasteiger partial charge in [-0.3, -0.25) is 0 Å². The van der Waals surface area contributed by atoms with Gasteiger partial charge < -0.3 is 55.1 Å². The van der Waals surface area contributed by atoms with E-state index in [0.29, 0.717) is 5.56 Å². The van der Waals surface area contributed by atoms with E-state index in [2.05, 4.69) is 0 Å². The van der Waals surface area contributed by atoms with Gasteiger partial charge in [0.1, 0.15) is 41.7 Å². The Kier molecular flexibility index (Phi) is 5.95. The molecule has 0 spiro atoms. The first-order valence-corrected chi connectivity index (χ1v) is 9.88. The zero-order chi connectivity index (χ0) is 24.0. The number of benzene rings is 2. The average Bonchev–Trinajstić information content (AvgIpc) is 2.76. The third-order valence-electron chi connectivity index (χ3n) is 5.57. The Balaban J connectivity index is 1.60. The number of hydrogen-bond acceptors (Lipinski definition) is 11. The van der Waals surface area contributed by atoms with Crippen molar-refractivity contribution in [3.05, 3.63) is 41.5 Å². The summed E-state index contributed by atoms with van der Waals surface area (Å²) in [7, 11) is 0. The average molecular weight is 466 g/mol. The number of aromatic hydroxyl groups is 3. The molecule has 2 aromatic rings. The number of hydrogen-bond donors (Lipinski definition) is 8. The molecular formula is C21H22O12. The van der Waals surface area contributed by atoms with Crippen molar-refractivity contribution in [1.29, 1.82) is 0 Å². The topological polar surface area (TPSA) is 207 Å². The predicted molar refractivity (Wildman–Crippen MR) is 106 cm³/mol. The van der Waals surface area contributed by atoms with Crippen LogP contribution in [-0.4, -0.2) is 83.6 Å². The van der Waals surface area contributed by atoms with Crippen LogP contribution in [0.5, 0.6) is 28.7 Å². The Labute approximate surface area is 186 Å². The Morgan fingerprint density at radius 2 is 1.64 bits per heavy atom. The van der Waals surface area contributed by atoms with Crippen molar-refractivity contribution in [1.82, 2.24) is 0 Å². The maximum Gasteiger partial charge on any atom is 0.335 e. The highest BCUT2D eigenvalue weighted by Crippen LogP contribution is 2.43. The molecule has 0 bridgehead atoms. The summed E-state index contributed by atoms with van der Waals surface area (Å²) in [5, 5.41) is 79.1. The van der Waals surface area contributed by atoms with Gasteiger partial charge in [-0.25, -0.2) is 4.79 Å². The maximum atomic E-state index is 11.3. The molecule has 7 atom stereocenters. The molecule has 0 aromatic heterocycles. The molecule has 0 aliphatic carbocycles. The van der Waals surface area contributed by atoms with Crippen molar-refractivity contribution in [2.75, 3.05) is 0 Å². The van der Waals surface area contributed by atoms with E-state index in [0.717, 1.165) is 6.07 Å². The van der Waals surface area contributed by atoms with Crippen LogP contribution in [0.15, 0.2) is 30.3 Å². The SMILES string of the molecule is O=C(O)[C@H]1OC(Oc2cc(O)c3c(c2)OC(c2ccc(O)c(O)c2)C(O)C3)[C@H](O)[C@@H](O)[C@@H]1O. The summed E-state index contributed by atoms with van der Waals surface area (Å²) in [6.07, 6.45) is -11.2. The molecular weight excluding hydrogens is 444 g/mol.